The van der Waals surface area contributed by atoms with E-state index < -0.39 is 5.97 Å². The zero-order valence-corrected chi connectivity index (χ0v) is 12.9. The minimum atomic E-state index is -0.892. The molecule has 1 aromatic heterocycles. The molecule has 1 unspecified atom stereocenters. The van der Waals surface area contributed by atoms with Crippen molar-refractivity contribution in [2.45, 2.75) is 51.6 Å². The summed E-state index contributed by atoms with van der Waals surface area (Å²) in [5, 5.41) is 10.7. The standard InChI is InChI=1S/C16H23NO2S/c1-2-14-6-4-3-5-9-17(14)11-15-10-13(12-20-15)7-8-16(18)19/h7-8,10,12,14H,2-6,9,11H2,1H3,(H,18,19)/b8-7+. The van der Waals surface area contributed by atoms with Gasteiger partial charge in [0.05, 0.1) is 0 Å². The molecule has 3 nitrogen and oxygen atoms in total. The smallest absolute Gasteiger partial charge is 0.328 e. The molecule has 0 amide bonds. The van der Waals surface area contributed by atoms with E-state index in [0.29, 0.717) is 6.04 Å². The van der Waals surface area contributed by atoms with Crippen molar-refractivity contribution in [2.24, 2.45) is 0 Å². The van der Waals surface area contributed by atoms with Gasteiger partial charge in [0.25, 0.3) is 0 Å². The van der Waals surface area contributed by atoms with E-state index in [4.69, 9.17) is 5.11 Å². The lowest BCUT2D eigenvalue weighted by molar-refractivity contribution is -0.131. The first-order chi connectivity index (χ1) is 9.69. The van der Waals surface area contributed by atoms with Crippen LogP contribution >= 0.6 is 11.3 Å². The van der Waals surface area contributed by atoms with Crippen LogP contribution in [0.15, 0.2) is 17.5 Å². The van der Waals surface area contributed by atoms with Gasteiger partial charge in [-0.2, -0.15) is 0 Å². The van der Waals surface area contributed by atoms with Crippen molar-refractivity contribution in [3.05, 3.63) is 28.0 Å². The Balaban J connectivity index is 1.99. The van der Waals surface area contributed by atoms with Gasteiger partial charge in [-0.25, -0.2) is 4.79 Å². The molecule has 1 saturated heterocycles. The molecule has 1 N–H and O–H groups in total. The molecule has 20 heavy (non-hydrogen) atoms. The van der Waals surface area contributed by atoms with Crippen molar-refractivity contribution < 1.29 is 9.90 Å². The number of rotatable bonds is 5. The van der Waals surface area contributed by atoms with Crippen LogP contribution in [0, 0.1) is 0 Å². The van der Waals surface area contributed by atoms with Gasteiger partial charge < -0.3 is 5.11 Å². The van der Waals surface area contributed by atoms with Crippen molar-refractivity contribution >= 4 is 23.4 Å². The second kappa shape index (κ2) is 7.60. The Kier molecular flexibility index (Phi) is 5.80. The number of thiophene rings is 1. The third-order valence-electron chi connectivity index (χ3n) is 3.92. The lowest BCUT2D eigenvalue weighted by Crippen LogP contribution is -2.33. The monoisotopic (exact) mass is 293 g/mol. The fourth-order valence-corrected chi connectivity index (χ4v) is 3.72. The van der Waals surface area contributed by atoms with Crippen LogP contribution in [0.5, 0.6) is 0 Å². The first-order valence-electron chi connectivity index (χ1n) is 7.41. The number of aliphatic carboxylic acids is 1. The van der Waals surface area contributed by atoms with Crippen LogP contribution in [0.4, 0.5) is 0 Å². The van der Waals surface area contributed by atoms with Gasteiger partial charge in [0, 0.05) is 23.5 Å². The molecule has 2 rings (SSSR count). The highest BCUT2D eigenvalue weighted by atomic mass is 32.1. The normalized spacial score (nSPS) is 21.1. The molecule has 110 valence electrons. The Bertz CT molecular complexity index is 467. The molecule has 1 aromatic rings. The van der Waals surface area contributed by atoms with Gasteiger partial charge in [-0.1, -0.05) is 19.8 Å². The van der Waals surface area contributed by atoms with Crippen molar-refractivity contribution in [1.82, 2.24) is 4.90 Å². The second-order valence-corrected chi connectivity index (χ2v) is 6.40. The fraction of sp³-hybridized carbons (Fsp3) is 0.562. The number of carboxylic acids is 1. The molecule has 0 aromatic carbocycles. The van der Waals surface area contributed by atoms with Crippen molar-refractivity contribution in [2.75, 3.05) is 6.54 Å². The van der Waals surface area contributed by atoms with Crippen LogP contribution in [0.3, 0.4) is 0 Å². The maximum atomic E-state index is 10.5. The summed E-state index contributed by atoms with van der Waals surface area (Å²) in [6.07, 6.45) is 9.41. The summed E-state index contributed by atoms with van der Waals surface area (Å²) in [5.41, 5.74) is 0.996. The summed E-state index contributed by atoms with van der Waals surface area (Å²) in [4.78, 5) is 14.5. The molecule has 2 heterocycles. The number of hydrogen-bond acceptors (Lipinski definition) is 3. The molecule has 0 aliphatic carbocycles. The van der Waals surface area contributed by atoms with E-state index in [2.05, 4.69) is 17.9 Å². The molecule has 1 atom stereocenters. The Morgan fingerprint density at radius 1 is 1.50 bits per heavy atom. The van der Waals surface area contributed by atoms with Crippen molar-refractivity contribution in [3.63, 3.8) is 0 Å². The van der Waals surface area contributed by atoms with Gasteiger partial charge in [0.1, 0.15) is 0 Å². The molecule has 1 fully saturated rings. The van der Waals surface area contributed by atoms with E-state index in [9.17, 15) is 4.79 Å². The van der Waals surface area contributed by atoms with Crippen LogP contribution in [-0.2, 0) is 11.3 Å². The van der Waals surface area contributed by atoms with E-state index in [0.717, 1.165) is 12.1 Å². The van der Waals surface area contributed by atoms with Gasteiger partial charge in [0.2, 0.25) is 0 Å². The number of likely N-dealkylation sites (tertiary alicyclic amines) is 1. The highest BCUT2D eigenvalue weighted by Crippen LogP contribution is 2.24. The molecule has 1 aliphatic rings. The number of nitrogens with zero attached hydrogens (tertiary/aromatic N) is 1. The van der Waals surface area contributed by atoms with E-state index in [1.807, 2.05) is 5.38 Å². The molecule has 4 heteroatoms. The van der Waals surface area contributed by atoms with Gasteiger partial charge in [-0.3, -0.25) is 4.90 Å². The van der Waals surface area contributed by atoms with E-state index in [1.165, 1.54) is 49.6 Å². The van der Waals surface area contributed by atoms with Crippen LogP contribution in [0.1, 0.15) is 49.5 Å². The molecule has 1 aliphatic heterocycles. The molecule has 0 radical (unpaired) electrons. The van der Waals surface area contributed by atoms with Gasteiger partial charge in [-0.15, -0.1) is 11.3 Å². The third kappa shape index (κ3) is 4.46. The van der Waals surface area contributed by atoms with Crippen LogP contribution in [-0.4, -0.2) is 28.6 Å². The first kappa shape index (κ1) is 15.3. The maximum absolute atomic E-state index is 10.5. The highest BCUT2D eigenvalue weighted by molar-refractivity contribution is 7.10. The fourth-order valence-electron chi connectivity index (χ4n) is 2.84. The zero-order chi connectivity index (χ0) is 14.4. The van der Waals surface area contributed by atoms with Crippen LogP contribution < -0.4 is 0 Å². The topological polar surface area (TPSA) is 40.5 Å². The predicted octanol–water partition coefficient (Wildman–Crippen LogP) is 4.00. The van der Waals surface area contributed by atoms with Crippen LogP contribution in [0.2, 0.25) is 0 Å². The number of hydrogen-bond donors (Lipinski definition) is 1. The van der Waals surface area contributed by atoms with Gasteiger partial charge in [0.15, 0.2) is 0 Å². The van der Waals surface area contributed by atoms with Gasteiger partial charge in [-0.05, 0) is 48.9 Å². The second-order valence-electron chi connectivity index (χ2n) is 5.40. The Labute approximate surface area is 124 Å². The lowest BCUT2D eigenvalue weighted by Gasteiger charge is -2.28. The lowest BCUT2D eigenvalue weighted by atomic mass is 10.1. The largest absolute Gasteiger partial charge is 0.478 e. The molecule has 0 bridgehead atoms. The Morgan fingerprint density at radius 2 is 2.35 bits per heavy atom. The summed E-state index contributed by atoms with van der Waals surface area (Å²) in [6.45, 7) is 4.47. The molecule has 0 spiro atoms. The van der Waals surface area contributed by atoms with Crippen molar-refractivity contribution in [1.29, 1.82) is 0 Å². The average Bonchev–Trinajstić information content (AvgIpc) is 2.75. The van der Waals surface area contributed by atoms with Crippen molar-refractivity contribution in [3.8, 4) is 0 Å². The molecular formula is C16H23NO2S. The molecular weight excluding hydrogens is 270 g/mol. The summed E-state index contributed by atoms with van der Waals surface area (Å²) >= 11 is 1.73. The highest BCUT2D eigenvalue weighted by Gasteiger charge is 2.19. The summed E-state index contributed by atoms with van der Waals surface area (Å²) in [5.74, 6) is -0.892. The SMILES string of the molecule is CCC1CCCCCN1Cc1cc(/C=C/C(=O)O)cs1. The van der Waals surface area contributed by atoms with E-state index in [-0.39, 0.29) is 0 Å². The third-order valence-corrected chi connectivity index (χ3v) is 4.86. The Morgan fingerprint density at radius 3 is 3.10 bits per heavy atom. The van der Waals surface area contributed by atoms with E-state index in [1.54, 1.807) is 17.4 Å². The minimum absolute atomic E-state index is 0.706. The average molecular weight is 293 g/mol. The number of carbonyl (C=O) groups is 1. The summed E-state index contributed by atoms with van der Waals surface area (Å²) in [6, 6.07) is 2.82. The predicted molar refractivity (Wildman–Crippen MR) is 83.9 cm³/mol. The van der Waals surface area contributed by atoms with E-state index >= 15 is 0 Å². The summed E-state index contributed by atoms with van der Waals surface area (Å²) < 4.78 is 0. The van der Waals surface area contributed by atoms with Gasteiger partial charge >= 0.3 is 5.97 Å². The first-order valence-corrected chi connectivity index (χ1v) is 8.29. The zero-order valence-electron chi connectivity index (χ0n) is 12.0. The number of carboxylic acid groups (broad SMARTS) is 1. The quantitative estimate of drug-likeness (QED) is 0.834. The van der Waals surface area contributed by atoms with Crippen LogP contribution in [0.25, 0.3) is 6.08 Å². The Hall–Kier alpha value is -1.13. The maximum Gasteiger partial charge on any atom is 0.328 e. The minimum Gasteiger partial charge on any atom is -0.478 e. The summed E-state index contributed by atoms with van der Waals surface area (Å²) in [7, 11) is 0. The molecule has 0 saturated carbocycles.